The number of hydrogen-bond acceptors (Lipinski definition) is 3. The first-order valence-electron chi connectivity index (χ1n) is 3.51. The first-order chi connectivity index (χ1) is 5.99. The van der Waals surface area contributed by atoms with E-state index in [4.69, 9.17) is 21.8 Å². The summed E-state index contributed by atoms with van der Waals surface area (Å²) in [7, 11) is 0. The molecule has 13 heavy (non-hydrogen) atoms. The van der Waals surface area contributed by atoms with Gasteiger partial charge in [0.05, 0.1) is 6.42 Å². The maximum atomic E-state index is 10.4. The number of hydrogen-bond donors (Lipinski definition) is 2. The van der Waals surface area contributed by atoms with E-state index in [0.29, 0.717) is 6.29 Å². The van der Waals surface area contributed by atoms with Crippen LogP contribution in [0.25, 0.3) is 0 Å². The third-order valence-corrected chi connectivity index (χ3v) is 2.03. The second kappa shape index (κ2) is 5.53. The molecule has 0 amide bonds. The van der Waals surface area contributed by atoms with Crippen molar-refractivity contribution in [2.75, 3.05) is 0 Å². The predicted octanol–water partition coefficient (Wildman–Crippen LogP) is 0.358. The van der Waals surface area contributed by atoms with Crippen LogP contribution in [0.4, 0.5) is 0 Å². The normalized spacial score (nSPS) is 14.5. The summed E-state index contributed by atoms with van der Waals surface area (Å²) < 4.78 is 0. The van der Waals surface area contributed by atoms with E-state index in [0.717, 1.165) is 0 Å². The molecule has 5 nitrogen and oxygen atoms in total. The predicted molar refractivity (Wildman–Crippen MR) is 43.7 cm³/mol. The van der Waals surface area contributed by atoms with Gasteiger partial charge in [0.2, 0.25) is 0 Å². The van der Waals surface area contributed by atoms with Gasteiger partial charge in [0.1, 0.15) is 11.7 Å². The van der Waals surface area contributed by atoms with Gasteiger partial charge in [0.25, 0.3) is 0 Å². The lowest BCUT2D eigenvalue weighted by Gasteiger charge is -2.13. The van der Waals surface area contributed by atoms with Crippen molar-refractivity contribution in [2.24, 2.45) is 5.92 Å². The summed E-state index contributed by atoms with van der Waals surface area (Å²) in [4.78, 5) is 30.7. The van der Waals surface area contributed by atoms with Crippen molar-refractivity contribution in [2.45, 2.75) is 18.2 Å². The second-order valence-electron chi connectivity index (χ2n) is 2.50. The fourth-order valence-electron chi connectivity index (χ4n) is 0.856. The molecule has 0 spiro atoms. The van der Waals surface area contributed by atoms with E-state index in [1.165, 1.54) is 0 Å². The molecular weight excluding hydrogens is 200 g/mol. The van der Waals surface area contributed by atoms with Crippen molar-refractivity contribution in [1.82, 2.24) is 0 Å². The summed E-state index contributed by atoms with van der Waals surface area (Å²) in [6, 6.07) is 0. The van der Waals surface area contributed by atoms with Gasteiger partial charge in [-0.05, 0) is 0 Å². The van der Waals surface area contributed by atoms with E-state index >= 15 is 0 Å². The molecule has 0 saturated carbocycles. The number of carbonyl (C=O) groups excluding carboxylic acids is 1. The monoisotopic (exact) mass is 208 g/mol. The number of carbonyl (C=O) groups is 3. The van der Waals surface area contributed by atoms with E-state index in [-0.39, 0.29) is 6.42 Å². The lowest BCUT2D eigenvalue weighted by molar-refractivity contribution is -0.140. The standard InChI is InChI=1S/C7H9ClO5/c8-6(7(12)13)4(1-2-9)3-5(10)11/h2,4,6H,1,3H2,(H,10,11)(H,12,13). The fraction of sp³-hybridized carbons (Fsp3) is 0.571. The second-order valence-corrected chi connectivity index (χ2v) is 2.97. The van der Waals surface area contributed by atoms with E-state index in [1.807, 2.05) is 0 Å². The van der Waals surface area contributed by atoms with Crippen LogP contribution < -0.4 is 0 Å². The van der Waals surface area contributed by atoms with Crippen LogP contribution in [0.5, 0.6) is 0 Å². The smallest absolute Gasteiger partial charge is 0.321 e. The zero-order valence-electron chi connectivity index (χ0n) is 6.64. The highest BCUT2D eigenvalue weighted by molar-refractivity contribution is 6.30. The van der Waals surface area contributed by atoms with Crippen LogP contribution in [0, 0.1) is 5.92 Å². The van der Waals surface area contributed by atoms with Crippen molar-refractivity contribution in [3.05, 3.63) is 0 Å². The summed E-state index contributed by atoms with van der Waals surface area (Å²) in [5.74, 6) is -3.33. The van der Waals surface area contributed by atoms with Gasteiger partial charge in [-0.15, -0.1) is 11.6 Å². The summed E-state index contributed by atoms with van der Waals surface area (Å²) in [6.07, 6.45) is -0.113. The summed E-state index contributed by atoms with van der Waals surface area (Å²) in [6.45, 7) is 0. The van der Waals surface area contributed by atoms with Crippen LogP contribution in [-0.2, 0) is 14.4 Å². The van der Waals surface area contributed by atoms with E-state index < -0.39 is 29.7 Å². The van der Waals surface area contributed by atoms with E-state index in [9.17, 15) is 14.4 Å². The molecular formula is C7H9ClO5. The van der Waals surface area contributed by atoms with Crippen LogP contribution in [0.1, 0.15) is 12.8 Å². The Labute approximate surface area is 79.3 Å². The van der Waals surface area contributed by atoms with E-state index in [2.05, 4.69) is 0 Å². The molecule has 0 fully saturated rings. The largest absolute Gasteiger partial charge is 0.481 e. The van der Waals surface area contributed by atoms with Gasteiger partial charge >= 0.3 is 11.9 Å². The number of carboxylic acid groups (broad SMARTS) is 2. The van der Waals surface area contributed by atoms with Gasteiger partial charge in [-0.25, -0.2) is 0 Å². The molecule has 2 unspecified atom stereocenters. The van der Waals surface area contributed by atoms with Crippen LogP contribution in [0.15, 0.2) is 0 Å². The number of halogens is 1. The van der Waals surface area contributed by atoms with Gasteiger partial charge in [0, 0.05) is 12.3 Å². The van der Waals surface area contributed by atoms with Crippen molar-refractivity contribution >= 4 is 29.8 Å². The highest BCUT2D eigenvalue weighted by Gasteiger charge is 2.27. The van der Waals surface area contributed by atoms with Crippen molar-refractivity contribution in [3.8, 4) is 0 Å². The third kappa shape index (κ3) is 4.47. The minimum absolute atomic E-state index is 0.160. The minimum Gasteiger partial charge on any atom is -0.481 e. The fourth-order valence-corrected chi connectivity index (χ4v) is 1.05. The first-order valence-corrected chi connectivity index (χ1v) is 3.95. The Balaban J connectivity index is 4.30. The summed E-state index contributed by atoms with van der Waals surface area (Å²) in [5, 5.41) is 15.5. The SMILES string of the molecule is O=CCC(CC(=O)O)C(Cl)C(=O)O. The van der Waals surface area contributed by atoms with Gasteiger partial charge in [-0.1, -0.05) is 0 Å². The molecule has 0 bridgehead atoms. The minimum atomic E-state index is -1.33. The average Bonchev–Trinajstić information content (AvgIpc) is 2.01. The number of aldehydes is 1. The molecule has 0 radical (unpaired) electrons. The molecule has 0 aromatic heterocycles. The molecule has 0 aromatic carbocycles. The summed E-state index contributed by atoms with van der Waals surface area (Å²) in [5.41, 5.74) is 0. The van der Waals surface area contributed by atoms with Gasteiger partial charge in [-0.3, -0.25) is 9.59 Å². The Hall–Kier alpha value is -1.10. The lowest BCUT2D eigenvalue weighted by atomic mass is 9.98. The number of alkyl halides is 1. The molecule has 2 atom stereocenters. The molecule has 0 rings (SSSR count). The maximum absolute atomic E-state index is 10.4. The number of aliphatic carboxylic acids is 2. The zero-order valence-corrected chi connectivity index (χ0v) is 7.40. The Morgan fingerprint density at radius 3 is 2.23 bits per heavy atom. The van der Waals surface area contributed by atoms with Crippen LogP contribution in [-0.4, -0.2) is 33.8 Å². The highest BCUT2D eigenvalue weighted by atomic mass is 35.5. The zero-order chi connectivity index (χ0) is 10.4. The van der Waals surface area contributed by atoms with Gasteiger partial charge < -0.3 is 15.0 Å². The molecule has 0 aliphatic heterocycles. The Morgan fingerprint density at radius 1 is 1.38 bits per heavy atom. The maximum Gasteiger partial charge on any atom is 0.321 e. The molecule has 74 valence electrons. The van der Waals surface area contributed by atoms with Gasteiger partial charge in [-0.2, -0.15) is 0 Å². The van der Waals surface area contributed by atoms with Crippen molar-refractivity contribution < 1.29 is 24.6 Å². The van der Waals surface area contributed by atoms with Crippen molar-refractivity contribution in [3.63, 3.8) is 0 Å². The van der Waals surface area contributed by atoms with Gasteiger partial charge in [0.15, 0.2) is 0 Å². The Morgan fingerprint density at radius 2 is 1.92 bits per heavy atom. The van der Waals surface area contributed by atoms with Crippen molar-refractivity contribution in [1.29, 1.82) is 0 Å². The van der Waals surface area contributed by atoms with Crippen LogP contribution in [0.2, 0.25) is 0 Å². The topological polar surface area (TPSA) is 91.7 Å². The summed E-state index contributed by atoms with van der Waals surface area (Å²) >= 11 is 5.38. The van der Waals surface area contributed by atoms with Crippen LogP contribution >= 0.6 is 11.6 Å². The first kappa shape index (κ1) is 11.9. The van der Waals surface area contributed by atoms with E-state index in [1.54, 1.807) is 0 Å². The Bertz CT molecular complexity index is 215. The molecule has 0 aliphatic rings. The number of carboxylic acids is 2. The number of rotatable bonds is 6. The molecule has 0 saturated heterocycles. The molecule has 0 aromatic rings. The molecule has 6 heteroatoms. The molecule has 0 heterocycles. The quantitative estimate of drug-likeness (QED) is 0.486. The lowest BCUT2D eigenvalue weighted by Crippen LogP contribution is -2.26. The highest BCUT2D eigenvalue weighted by Crippen LogP contribution is 2.18. The Kier molecular flexibility index (Phi) is 5.06. The molecule has 2 N–H and O–H groups in total. The average molecular weight is 209 g/mol. The van der Waals surface area contributed by atoms with Crippen LogP contribution in [0.3, 0.4) is 0 Å². The molecule has 0 aliphatic carbocycles. The third-order valence-electron chi connectivity index (χ3n) is 1.49.